The number of hydrogen-bond acceptors (Lipinski definition) is 3. The molecule has 1 aromatic rings. The molecule has 1 amide bonds. The third-order valence-corrected chi connectivity index (χ3v) is 3.22. The molecule has 0 unspecified atom stereocenters. The van der Waals surface area contributed by atoms with E-state index < -0.39 is 0 Å². The first-order valence-corrected chi connectivity index (χ1v) is 6.80. The molecule has 0 spiro atoms. The van der Waals surface area contributed by atoms with Crippen molar-refractivity contribution in [2.45, 2.75) is 32.2 Å². The molecular formula is C15H21NO3. The number of ether oxygens (including phenoxy) is 1. The number of amides is 1. The third kappa shape index (κ3) is 4.24. The van der Waals surface area contributed by atoms with Gasteiger partial charge in [0.1, 0.15) is 5.75 Å². The van der Waals surface area contributed by atoms with Gasteiger partial charge in [-0.25, -0.2) is 0 Å². The SMILES string of the molecule is Cc1cccc(OCCC(=O)N(CCO)C2CC2)c1. The molecule has 19 heavy (non-hydrogen) atoms. The second-order valence-corrected chi connectivity index (χ2v) is 4.96. The monoisotopic (exact) mass is 263 g/mol. The molecule has 2 rings (SSSR count). The minimum absolute atomic E-state index is 0.0287. The number of aliphatic hydroxyl groups excluding tert-OH is 1. The maximum Gasteiger partial charge on any atom is 0.226 e. The van der Waals surface area contributed by atoms with Crippen LogP contribution in [-0.4, -0.2) is 41.7 Å². The lowest BCUT2D eigenvalue weighted by Gasteiger charge is -2.21. The van der Waals surface area contributed by atoms with E-state index in [-0.39, 0.29) is 12.5 Å². The molecule has 0 heterocycles. The summed E-state index contributed by atoms with van der Waals surface area (Å²) in [6.07, 6.45) is 2.49. The molecule has 0 atom stereocenters. The summed E-state index contributed by atoms with van der Waals surface area (Å²) in [7, 11) is 0. The largest absolute Gasteiger partial charge is 0.493 e. The van der Waals surface area contributed by atoms with Gasteiger partial charge < -0.3 is 14.7 Å². The fourth-order valence-corrected chi connectivity index (χ4v) is 2.11. The Morgan fingerprint density at radius 1 is 1.47 bits per heavy atom. The molecule has 1 fully saturated rings. The van der Waals surface area contributed by atoms with E-state index in [4.69, 9.17) is 9.84 Å². The van der Waals surface area contributed by atoms with Gasteiger partial charge in [0.2, 0.25) is 5.91 Å². The van der Waals surface area contributed by atoms with Gasteiger partial charge in [-0.2, -0.15) is 0 Å². The van der Waals surface area contributed by atoms with Gasteiger partial charge in [-0.1, -0.05) is 12.1 Å². The van der Waals surface area contributed by atoms with E-state index in [0.29, 0.717) is 25.6 Å². The smallest absolute Gasteiger partial charge is 0.226 e. The molecule has 4 heteroatoms. The highest BCUT2D eigenvalue weighted by molar-refractivity contribution is 5.77. The minimum Gasteiger partial charge on any atom is -0.493 e. The zero-order valence-electron chi connectivity index (χ0n) is 11.3. The van der Waals surface area contributed by atoms with Crippen LogP contribution >= 0.6 is 0 Å². The average molecular weight is 263 g/mol. The average Bonchev–Trinajstić information content (AvgIpc) is 3.20. The first-order chi connectivity index (χ1) is 9.20. The summed E-state index contributed by atoms with van der Waals surface area (Å²) < 4.78 is 5.58. The first-order valence-electron chi connectivity index (χ1n) is 6.80. The Morgan fingerprint density at radius 2 is 2.26 bits per heavy atom. The van der Waals surface area contributed by atoms with E-state index in [1.807, 2.05) is 31.2 Å². The summed E-state index contributed by atoms with van der Waals surface area (Å²) in [4.78, 5) is 13.8. The van der Waals surface area contributed by atoms with Crippen molar-refractivity contribution < 1.29 is 14.6 Å². The Balaban J connectivity index is 1.76. The fourth-order valence-electron chi connectivity index (χ4n) is 2.11. The van der Waals surface area contributed by atoms with E-state index in [2.05, 4.69) is 0 Å². The predicted molar refractivity (Wildman–Crippen MR) is 73.1 cm³/mol. The van der Waals surface area contributed by atoms with Crippen LogP contribution in [0.25, 0.3) is 0 Å². The lowest BCUT2D eigenvalue weighted by atomic mass is 10.2. The Kier molecular flexibility index (Phi) is 4.80. The molecular weight excluding hydrogens is 242 g/mol. The Labute approximate surface area is 114 Å². The van der Waals surface area contributed by atoms with Crippen molar-refractivity contribution in [2.75, 3.05) is 19.8 Å². The van der Waals surface area contributed by atoms with Crippen LogP contribution in [0.15, 0.2) is 24.3 Å². The highest BCUT2D eigenvalue weighted by atomic mass is 16.5. The van der Waals surface area contributed by atoms with E-state index in [0.717, 1.165) is 24.2 Å². The number of rotatable bonds is 7. The molecule has 0 saturated heterocycles. The van der Waals surface area contributed by atoms with Gasteiger partial charge in [-0.3, -0.25) is 4.79 Å². The molecule has 0 aliphatic heterocycles. The quantitative estimate of drug-likeness (QED) is 0.815. The zero-order valence-corrected chi connectivity index (χ0v) is 11.3. The standard InChI is InChI=1S/C15H21NO3/c1-12-3-2-4-14(11-12)19-10-7-15(18)16(8-9-17)13-5-6-13/h2-4,11,13,17H,5-10H2,1H3. The van der Waals surface area contributed by atoms with Gasteiger partial charge >= 0.3 is 0 Å². The number of aliphatic hydroxyl groups is 1. The van der Waals surface area contributed by atoms with Crippen LogP contribution in [-0.2, 0) is 4.79 Å². The molecule has 4 nitrogen and oxygen atoms in total. The minimum atomic E-state index is 0.0287. The Bertz CT molecular complexity index is 429. The summed E-state index contributed by atoms with van der Waals surface area (Å²) in [6, 6.07) is 8.14. The van der Waals surface area contributed by atoms with Gasteiger partial charge in [0.25, 0.3) is 0 Å². The van der Waals surface area contributed by atoms with Gasteiger partial charge in [0.15, 0.2) is 0 Å². The van der Waals surface area contributed by atoms with Gasteiger partial charge in [0, 0.05) is 12.6 Å². The van der Waals surface area contributed by atoms with Crippen molar-refractivity contribution in [1.82, 2.24) is 4.90 Å². The zero-order chi connectivity index (χ0) is 13.7. The van der Waals surface area contributed by atoms with Gasteiger partial charge in [-0.15, -0.1) is 0 Å². The molecule has 0 bridgehead atoms. The van der Waals surface area contributed by atoms with Gasteiger partial charge in [0.05, 0.1) is 19.6 Å². The van der Waals surface area contributed by atoms with Crippen molar-refractivity contribution in [3.05, 3.63) is 29.8 Å². The molecule has 1 aliphatic rings. The maximum atomic E-state index is 12.0. The molecule has 1 aromatic carbocycles. The van der Waals surface area contributed by atoms with Crippen LogP contribution < -0.4 is 4.74 Å². The third-order valence-electron chi connectivity index (χ3n) is 3.22. The topological polar surface area (TPSA) is 49.8 Å². The Morgan fingerprint density at radius 3 is 2.89 bits per heavy atom. The van der Waals surface area contributed by atoms with E-state index in [9.17, 15) is 4.79 Å². The normalized spacial score (nSPS) is 14.2. The molecule has 0 radical (unpaired) electrons. The molecule has 0 aromatic heterocycles. The van der Waals surface area contributed by atoms with Crippen LogP contribution in [0.3, 0.4) is 0 Å². The number of hydrogen-bond donors (Lipinski definition) is 1. The summed E-state index contributed by atoms with van der Waals surface area (Å²) in [5.41, 5.74) is 1.14. The van der Waals surface area contributed by atoms with Crippen molar-refractivity contribution in [1.29, 1.82) is 0 Å². The number of nitrogens with zero attached hydrogens (tertiary/aromatic N) is 1. The van der Waals surface area contributed by atoms with E-state index in [1.165, 1.54) is 0 Å². The lowest BCUT2D eigenvalue weighted by Crippen LogP contribution is -2.36. The van der Waals surface area contributed by atoms with Crippen LogP contribution in [0.2, 0.25) is 0 Å². The van der Waals surface area contributed by atoms with Crippen LogP contribution in [0.4, 0.5) is 0 Å². The van der Waals surface area contributed by atoms with Crippen LogP contribution in [0.1, 0.15) is 24.8 Å². The number of aryl methyl sites for hydroxylation is 1. The summed E-state index contributed by atoms with van der Waals surface area (Å²) in [6.45, 7) is 2.86. The molecule has 1 aliphatic carbocycles. The fraction of sp³-hybridized carbons (Fsp3) is 0.533. The van der Waals surface area contributed by atoms with Crippen LogP contribution in [0, 0.1) is 6.92 Å². The number of carbonyl (C=O) groups is 1. The molecule has 1 saturated carbocycles. The predicted octanol–water partition coefficient (Wildman–Crippen LogP) is 1.75. The summed E-state index contributed by atoms with van der Waals surface area (Å²) >= 11 is 0. The molecule has 104 valence electrons. The van der Waals surface area contributed by atoms with Gasteiger partial charge in [-0.05, 0) is 37.5 Å². The summed E-state index contributed by atoms with van der Waals surface area (Å²) in [5, 5.41) is 8.97. The highest BCUT2D eigenvalue weighted by Crippen LogP contribution is 2.27. The maximum absolute atomic E-state index is 12.0. The first kappa shape index (κ1) is 13.9. The van der Waals surface area contributed by atoms with Crippen molar-refractivity contribution >= 4 is 5.91 Å². The lowest BCUT2D eigenvalue weighted by molar-refractivity contribution is -0.132. The van der Waals surface area contributed by atoms with Crippen molar-refractivity contribution in [3.63, 3.8) is 0 Å². The molecule has 1 N–H and O–H groups in total. The van der Waals surface area contributed by atoms with E-state index >= 15 is 0 Å². The number of benzene rings is 1. The van der Waals surface area contributed by atoms with E-state index in [1.54, 1.807) is 4.90 Å². The highest BCUT2D eigenvalue weighted by Gasteiger charge is 2.31. The Hall–Kier alpha value is -1.55. The van der Waals surface area contributed by atoms with Crippen LogP contribution in [0.5, 0.6) is 5.75 Å². The van der Waals surface area contributed by atoms with Crippen molar-refractivity contribution in [3.8, 4) is 5.75 Å². The van der Waals surface area contributed by atoms with Crippen molar-refractivity contribution in [2.24, 2.45) is 0 Å². The summed E-state index contributed by atoms with van der Waals surface area (Å²) in [5.74, 6) is 0.872. The second kappa shape index (κ2) is 6.57. The number of carbonyl (C=O) groups excluding carboxylic acids is 1. The second-order valence-electron chi connectivity index (χ2n) is 4.96.